The molecule has 3 amide bonds. The Morgan fingerprint density at radius 3 is 2.11 bits per heavy atom. The molecule has 1 atom stereocenters. The van der Waals surface area contributed by atoms with Gasteiger partial charge < -0.3 is 61.1 Å². The van der Waals surface area contributed by atoms with Crippen LogP contribution in [0.25, 0.3) is 0 Å². The molecule has 3 aliphatic rings. The Morgan fingerprint density at radius 1 is 0.867 bits per heavy atom. The molecule has 3 heterocycles. The summed E-state index contributed by atoms with van der Waals surface area (Å²) in [5.41, 5.74) is -6.57. The Labute approximate surface area is 251 Å². The molecule has 2 aromatic rings. The van der Waals surface area contributed by atoms with E-state index in [1.54, 1.807) is 0 Å². The zero-order valence-electron chi connectivity index (χ0n) is 23.3. The van der Waals surface area contributed by atoms with Crippen LogP contribution in [0.4, 0.5) is 10.1 Å². The average Bonchev–Trinajstić information content (AvgIpc) is 3.34. The summed E-state index contributed by atoms with van der Waals surface area (Å²) in [4.78, 5) is 39.5. The maximum atomic E-state index is 15.5. The first kappa shape index (κ1) is 31.9. The van der Waals surface area contributed by atoms with Gasteiger partial charge in [-0.25, -0.2) is 4.39 Å². The molecule has 0 bridgehead atoms. The molecular formula is C26H29FN4O14. The van der Waals surface area contributed by atoms with Crippen molar-refractivity contribution in [2.75, 3.05) is 31.6 Å². The van der Waals surface area contributed by atoms with Gasteiger partial charge in [0.15, 0.2) is 23.1 Å². The topological polar surface area (TPSA) is 293 Å². The minimum atomic E-state index is -4.47. The largest absolute Gasteiger partial charge is 0.507 e. The first-order valence-corrected chi connectivity index (χ1v) is 13.2. The van der Waals surface area contributed by atoms with Crippen molar-refractivity contribution in [3.8, 4) is 28.7 Å². The molecule has 0 spiro atoms. The molecule has 0 radical (unpaired) electrons. The number of carbonyl (C=O) groups is 3. The van der Waals surface area contributed by atoms with Gasteiger partial charge in [-0.3, -0.25) is 29.5 Å². The normalized spacial score (nSPS) is 22.8. The summed E-state index contributed by atoms with van der Waals surface area (Å²) in [5.74, 6) is -20.6. The van der Waals surface area contributed by atoms with Crippen LogP contribution < -0.4 is 10.6 Å². The predicted octanol–water partition coefficient (Wildman–Crippen LogP) is -3.23. The Morgan fingerprint density at radius 2 is 1.49 bits per heavy atom. The number of ether oxygens (including phenoxy) is 1. The van der Waals surface area contributed by atoms with Gasteiger partial charge in [-0.1, -0.05) is 0 Å². The van der Waals surface area contributed by atoms with Crippen molar-refractivity contribution in [3.05, 3.63) is 33.6 Å². The highest BCUT2D eigenvalue weighted by Crippen LogP contribution is 2.52. The van der Waals surface area contributed by atoms with E-state index in [2.05, 4.69) is 5.32 Å². The maximum absolute atomic E-state index is 15.5. The van der Waals surface area contributed by atoms with E-state index < -0.39 is 99.5 Å². The van der Waals surface area contributed by atoms with Crippen molar-refractivity contribution >= 4 is 23.4 Å². The fraction of sp³-hybridized carbons (Fsp3) is 0.423. The molecule has 45 heavy (non-hydrogen) atoms. The van der Waals surface area contributed by atoms with Crippen molar-refractivity contribution in [2.45, 2.75) is 43.9 Å². The molecular weight excluding hydrogens is 611 g/mol. The number of phenols is 5. The van der Waals surface area contributed by atoms with Gasteiger partial charge in [0.1, 0.15) is 5.75 Å². The highest BCUT2D eigenvalue weighted by atomic mass is 19.1. The molecule has 19 heteroatoms. The number of morpholine rings is 1. The number of benzene rings is 2. The van der Waals surface area contributed by atoms with Crippen molar-refractivity contribution in [1.29, 1.82) is 0 Å². The number of amides is 3. The zero-order valence-corrected chi connectivity index (χ0v) is 23.3. The summed E-state index contributed by atoms with van der Waals surface area (Å²) in [6, 6.07) is 0. The first-order chi connectivity index (χ1) is 20.9. The molecule has 2 saturated heterocycles. The van der Waals surface area contributed by atoms with Gasteiger partial charge in [0.05, 0.1) is 36.6 Å². The van der Waals surface area contributed by atoms with Crippen LogP contribution in [0.3, 0.4) is 0 Å². The Hall–Kier alpha value is -4.50. The van der Waals surface area contributed by atoms with Crippen LogP contribution in [0.15, 0.2) is 0 Å². The zero-order chi connectivity index (χ0) is 33.4. The van der Waals surface area contributed by atoms with Crippen molar-refractivity contribution in [3.63, 3.8) is 0 Å². The van der Waals surface area contributed by atoms with Gasteiger partial charge in [-0.15, -0.1) is 0 Å². The highest BCUT2D eigenvalue weighted by molar-refractivity contribution is 6.11. The van der Waals surface area contributed by atoms with Gasteiger partial charge >= 0.3 is 5.79 Å². The number of rotatable bonds is 6. The summed E-state index contributed by atoms with van der Waals surface area (Å²) < 4.78 is 20.7. The number of halogens is 1. The van der Waals surface area contributed by atoms with Gasteiger partial charge in [0, 0.05) is 37.3 Å². The molecule has 1 unspecified atom stereocenters. The lowest BCUT2D eigenvalue weighted by Gasteiger charge is -2.50. The molecule has 0 aliphatic carbocycles. The number of hydrogen-bond acceptors (Lipinski definition) is 16. The SMILES string of the molecule is Cc1c(O)c(CN2CCOCC2)c(O)c(F)c1CNc1c(O)c(O)c(O)c2c1CN(C1(O)C(=O)NC(=O)C(O)(O)C1(O)O)C2=O. The van der Waals surface area contributed by atoms with Gasteiger partial charge in [-0.2, -0.15) is 0 Å². The number of phenolic OH excluding ortho intramolecular Hbond substituents is 5. The van der Waals surface area contributed by atoms with Gasteiger partial charge in [0.2, 0.25) is 5.75 Å². The molecule has 2 aromatic carbocycles. The number of fused-ring (bicyclic) bond motifs is 1. The summed E-state index contributed by atoms with van der Waals surface area (Å²) in [7, 11) is 0. The first-order valence-electron chi connectivity index (χ1n) is 13.2. The molecule has 244 valence electrons. The van der Waals surface area contributed by atoms with Crippen molar-refractivity contribution in [1.82, 2.24) is 15.1 Å². The number of hydrogen-bond donors (Lipinski definition) is 12. The van der Waals surface area contributed by atoms with Crippen LogP contribution in [-0.4, -0.2) is 122 Å². The smallest absolute Gasteiger partial charge is 0.306 e. The minimum absolute atomic E-state index is 0.00712. The molecule has 2 fully saturated rings. The highest BCUT2D eigenvalue weighted by Gasteiger charge is 2.76. The van der Waals surface area contributed by atoms with Gasteiger partial charge in [-0.05, 0) is 12.5 Å². The molecule has 3 aliphatic heterocycles. The fourth-order valence-corrected chi connectivity index (χ4v) is 5.55. The maximum Gasteiger partial charge on any atom is 0.306 e. The van der Waals surface area contributed by atoms with E-state index in [0.29, 0.717) is 26.3 Å². The lowest BCUT2D eigenvalue weighted by atomic mass is 9.86. The molecule has 0 aromatic heterocycles. The van der Waals surface area contributed by atoms with E-state index in [1.807, 2.05) is 4.90 Å². The summed E-state index contributed by atoms with van der Waals surface area (Å²) in [6.45, 7) is 1.27. The van der Waals surface area contributed by atoms with Crippen LogP contribution >= 0.6 is 0 Å². The van der Waals surface area contributed by atoms with E-state index in [1.165, 1.54) is 12.2 Å². The van der Waals surface area contributed by atoms with Crippen LogP contribution in [0.1, 0.15) is 32.6 Å². The number of aromatic hydroxyl groups is 5. The second kappa shape index (κ2) is 10.5. The quantitative estimate of drug-likeness (QED) is 0.0639. The Kier molecular flexibility index (Phi) is 7.48. The summed E-state index contributed by atoms with van der Waals surface area (Å²) in [6.07, 6.45) is 0. The number of anilines is 1. The Balaban J connectivity index is 1.52. The third kappa shape index (κ3) is 4.39. The van der Waals surface area contributed by atoms with Crippen LogP contribution in [0, 0.1) is 12.7 Å². The summed E-state index contributed by atoms with van der Waals surface area (Å²) >= 11 is 0. The van der Waals surface area contributed by atoms with Crippen LogP contribution in [0.5, 0.6) is 28.7 Å². The third-order valence-corrected chi connectivity index (χ3v) is 8.30. The summed E-state index contributed by atoms with van der Waals surface area (Å²) in [5, 5.41) is 108. The second-order valence-electron chi connectivity index (χ2n) is 10.8. The Bertz CT molecular complexity index is 1610. The average molecular weight is 641 g/mol. The van der Waals surface area contributed by atoms with Gasteiger partial charge in [0.25, 0.3) is 29.2 Å². The number of piperidine rings is 1. The van der Waals surface area contributed by atoms with E-state index in [-0.39, 0.29) is 28.1 Å². The lowest BCUT2D eigenvalue weighted by Crippen LogP contribution is -2.85. The van der Waals surface area contributed by atoms with Crippen LogP contribution in [-0.2, 0) is 34.0 Å². The second-order valence-corrected chi connectivity index (χ2v) is 10.8. The van der Waals surface area contributed by atoms with Crippen molar-refractivity contribution in [2.24, 2.45) is 0 Å². The molecule has 18 nitrogen and oxygen atoms in total. The molecule has 12 N–H and O–H groups in total. The van der Waals surface area contributed by atoms with Crippen molar-refractivity contribution < 1.29 is 74.6 Å². The molecule has 5 rings (SSSR count). The fourth-order valence-electron chi connectivity index (χ4n) is 5.55. The lowest BCUT2D eigenvalue weighted by molar-refractivity contribution is -0.407. The van der Waals surface area contributed by atoms with E-state index in [9.17, 15) is 65.4 Å². The standard InChI is InChI=1S/C26H29FN4O14/c1-9-10(14(27)17(33)12(16(9)32)7-30-2-4-45-5-3-30)6-28-15-11-8-31(21(37)13(11)18(34)20(36)19(15)35)24(40)22(38)29-23(39)25(41,42)26(24,43)44/h28,32-36,40-44H,2-8H2,1H3,(H,29,38,39). The number of nitrogens with one attached hydrogen (secondary N) is 2. The number of carbonyl (C=O) groups excluding carboxylic acids is 3. The third-order valence-electron chi connectivity index (χ3n) is 8.30. The predicted molar refractivity (Wildman–Crippen MR) is 142 cm³/mol. The van der Waals surface area contributed by atoms with E-state index in [0.717, 1.165) is 0 Å². The number of nitrogens with zero attached hydrogens (tertiary/aromatic N) is 2. The minimum Gasteiger partial charge on any atom is -0.507 e. The van der Waals surface area contributed by atoms with E-state index in [4.69, 9.17) is 4.74 Å². The number of aliphatic hydroxyl groups is 5. The van der Waals surface area contributed by atoms with E-state index >= 15 is 4.39 Å². The van der Waals surface area contributed by atoms with Crippen LogP contribution in [0.2, 0.25) is 0 Å². The number of imide groups is 1. The molecule has 0 saturated carbocycles. The monoisotopic (exact) mass is 640 g/mol.